The van der Waals surface area contributed by atoms with Crippen LogP contribution >= 0.6 is 0 Å². The Hall–Kier alpha value is -2.01. The maximum atomic E-state index is 11.7. The molecule has 1 aromatic heterocycles. The number of benzene rings is 1. The zero-order valence-electron chi connectivity index (χ0n) is 12.6. The van der Waals surface area contributed by atoms with Gasteiger partial charge in [0.15, 0.2) is 0 Å². The summed E-state index contributed by atoms with van der Waals surface area (Å²) in [4.78, 5) is 11.7. The van der Waals surface area contributed by atoms with Gasteiger partial charge in [-0.1, -0.05) is 13.8 Å². The molecule has 0 aliphatic rings. The van der Waals surface area contributed by atoms with Gasteiger partial charge in [0.2, 0.25) is 0 Å². The van der Waals surface area contributed by atoms with Crippen LogP contribution in [0.15, 0.2) is 30.5 Å². The summed E-state index contributed by atoms with van der Waals surface area (Å²) in [5.74, 6) is 0.593. The van der Waals surface area contributed by atoms with Crippen molar-refractivity contribution in [1.29, 1.82) is 0 Å². The van der Waals surface area contributed by atoms with Crippen LogP contribution in [0.4, 0.5) is 10.5 Å². The van der Waals surface area contributed by atoms with E-state index in [0.29, 0.717) is 18.9 Å². The van der Waals surface area contributed by atoms with Gasteiger partial charge in [-0.25, -0.2) is 4.79 Å². The Bertz CT molecular complexity index is 605. The lowest BCUT2D eigenvalue weighted by Crippen LogP contribution is -2.29. The van der Waals surface area contributed by atoms with E-state index >= 15 is 0 Å². The molecule has 0 atom stereocenters. The number of aromatic nitrogens is 1. The second kappa shape index (κ2) is 7.13. The van der Waals surface area contributed by atoms with Crippen LogP contribution in [0.1, 0.15) is 20.3 Å². The van der Waals surface area contributed by atoms with Gasteiger partial charge in [0.05, 0.1) is 0 Å². The average molecular weight is 289 g/mol. The first-order chi connectivity index (χ1) is 10.1. The van der Waals surface area contributed by atoms with E-state index in [4.69, 9.17) is 5.11 Å². The highest BCUT2D eigenvalue weighted by molar-refractivity contribution is 5.92. The summed E-state index contributed by atoms with van der Waals surface area (Å²) in [7, 11) is 0. The molecule has 2 amide bonds. The van der Waals surface area contributed by atoms with Gasteiger partial charge >= 0.3 is 6.03 Å². The zero-order chi connectivity index (χ0) is 15.2. The van der Waals surface area contributed by atoms with Crippen LogP contribution in [-0.2, 0) is 6.54 Å². The molecule has 0 fully saturated rings. The Balaban J connectivity index is 2.04. The predicted octanol–water partition coefficient (Wildman–Crippen LogP) is 2.80. The summed E-state index contributed by atoms with van der Waals surface area (Å²) in [5, 5.41) is 15.3. The van der Waals surface area contributed by atoms with E-state index in [0.717, 1.165) is 17.6 Å². The molecule has 1 heterocycles. The number of nitrogens with zero attached hydrogens (tertiary/aromatic N) is 1. The van der Waals surface area contributed by atoms with Crippen molar-refractivity contribution in [1.82, 2.24) is 9.88 Å². The van der Waals surface area contributed by atoms with Gasteiger partial charge in [0, 0.05) is 42.5 Å². The summed E-state index contributed by atoms with van der Waals surface area (Å²) in [5.41, 5.74) is 1.95. The van der Waals surface area contributed by atoms with Crippen molar-refractivity contribution in [3.63, 3.8) is 0 Å². The molecule has 1 aromatic carbocycles. The molecule has 0 spiro atoms. The quantitative estimate of drug-likeness (QED) is 0.716. The summed E-state index contributed by atoms with van der Waals surface area (Å²) in [6, 6.07) is 7.72. The van der Waals surface area contributed by atoms with Crippen molar-refractivity contribution >= 4 is 22.6 Å². The van der Waals surface area contributed by atoms with Crippen LogP contribution in [0, 0.1) is 5.92 Å². The number of nitrogens with one attached hydrogen (secondary N) is 2. The Kier molecular flexibility index (Phi) is 5.22. The molecule has 0 saturated heterocycles. The second-order valence-electron chi connectivity index (χ2n) is 5.59. The molecule has 114 valence electrons. The average Bonchev–Trinajstić information content (AvgIpc) is 2.81. The van der Waals surface area contributed by atoms with E-state index < -0.39 is 0 Å². The number of fused-ring (bicyclic) bond motifs is 1. The topological polar surface area (TPSA) is 66.3 Å². The van der Waals surface area contributed by atoms with Crippen LogP contribution in [-0.4, -0.2) is 28.9 Å². The Morgan fingerprint density at radius 2 is 2.14 bits per heavy atom. The van der Waals surface area contributed by atoms with E-state index in [2.05, 4.69) is 41.3 Å². The van der Waals surface area contributed by atoms with E-state index in [1.54, 1.807) is 0 Å². The van der Waals surface area contributed by atoms with Crippen molar-refractivity contribution < 1.29 is 9.90 Å². The van der Waals surface area contributed by atoms with Crippen molar-refractivity contribution in [2.24, 2.45) is 5.92 Å². The second-order valence-corrected chi connectivity index (χ2v) is 5.59. The minimum Gasteiger partial charge on any atom is -0.396 e. The first-order valence-electron chi connectivity index (χ1n) is 7.34. The maximum Gasteiger partial charge on any atom is 0.319 e. The molecule has 0 unspecified atom stereocenters. The monoisotopic (exact) mass is 289 g/mol. The van der Waals surface area contributed by atoms with Crippen molar-refractivity contribution in [3.8, 4) is 0 Å². The number of urea groups is 1. The fourth-order valence-electron chi connectivity index (χ4n) is 2.29. The third kappa shape index (κ3) is 4.23. The van der Waals surface area contributed by atoms with E-state index in [9.17, 15) is 4.79 Å². The highest BCUT2D eigenvalue weighted by Gasteiger charge is 2.06. The van der Waals surface area contributed by atoms with E-state index in [1.165, 1.54) is 5.52 Å². The number of amides is 2. The molecular formula is C16H23N3O2. The highest BCUT2D eigenvalue weighted by atomic mass is 16.3. The molecule has 5 heteroatoms. The maximum absolute atomic E-state index is 11.7. The third-order valence-electron chi connectivity index (χ3n) is 3.21. The fraction of sp³-hybridized carbons (Fsp3) is 0.438. The number of aliphatic hydroxyl groups is 1. The summed E-state index contributed by atoms with van der Waals surface area (Å²) >= 11 is 0. The molecule has 5 nitrogen and oxygen atoms in total. The van der Waals surface area contributed by atoms with E-state index in [1.807, 2.05) is 18.2 Å². The lowest BCUT2D eigenvalue weighted by molar-refractivity contribution is 0.249. The minimum absolute atomic E-state index is 0.0790. The van der Waals surface area contributed by atoms with Crippen LogP contribution in [0.2, 0.25) is 0 Å². The van der Waals surface area contributed by atoms with Gasteiger partial charge in [0.25, 0.3) is 0 Å². The number of anilines is 1. The molecule has 0 aliphatic carbocycles. The number of hydrogen-bond donors (Lipinski definition) is 3. The van der Waals surface area contributed by atoms with Crippen LogP contribution in [0.25, 0.3) is 10.9 Å². The molecule has 2 aromatic rings. The standard InChI is InChI=1S/C16H23N3O2/c1-12(2)11-19-8-6-13-10-14(4-5-15(13)19)18-16(21)17-7-3-9-20/h4-6,8,10,12,20H,3,7,9,11H2,1-2H3,(H2,17,18,21). The predicted molar refractivity (Wildman–Crippen MR) is 85.5 cm³/mol. The minimum atomic E-state index is -0.246. The van der Waals surface area contributed by atoms with E-state index in [-0.39, 0.29) is 12.6 Å². The SMILES string of the molecule is CC(C)Cn1ccc2cc(NC(=O)NCCCO)ccc21. The molecule has 0 aliphatic heterocycles. The molecular weight excluding hydrogens is 266 g/mol. The first kappa shape index (κ1) is 15.4. The molecule has 0 radical (unpaired) electrons. The van der Waals surface area contributed by atoms with Gasteiger partial charge in [0.1, 0.15) is 0 Å². The lowest BCUT2D eigenvalue weighted by Gasteiger charge is -2.10. The summed E-state index contributed by atoms with van der Waals surface area (Å²) < 4.78 is 2.23. The third-order valence-corrected chi connectivity index (χ3v) is 3.21. The van der Waals surface area contributed by atoms with Crippen LogP contribution in [0.3, 0.4) is 0 Å². The molecule has 2 rings (SSSR count). The lowest BCUT2D eigenvalue weighted by atomic mass is 10.2. The van der Waals surface area contributed by atoms with Gasteiger partial charge in [-0.3, -0.25) is 0 Å². The Morgan fingerprint density at radius 3 is 2.86 bits per heavy atom. The Morgan fingerprint density at radius 1 is 1.33 bits per heavy atom. The van der Waals surface area contributed by atoms with Crippen LogP contribution < -0.4 is 10.6 Å². The normalized spacial score (nSPS) is 11.0. The molecule has 21 heavy (non-hydrogen) atoms. The smallest absolute Gasteiger partial charge is 0.319 e. The molecule has 3 N–H and O–H groups in total. The molecule has 0 saturated carbocycles. The Labute approximate surface area is 125 Å². The van der Waals surface area contributed by atoms with Gasteiger partial charge < -0.3 is 20.3 Å². The van der Waals surface area contributed by atoms with Gasteiger partial charge in [-0.15, -0.1) is 0 Å². The van der Waals surface area contributed by atoms with Crippen molar-refractivity contribution in [3.05, 3.63) is 30.5 Å². The van der Waals surface area contributed by atoms with Gasteiger partial charge in [-0.2, -0.15) is 0 Å². The van der Waals surface area contributed by atoms with Crippen LogP contribution in [0.5, 0.6) is 0 Å². The number of carbonyl (C=O) groups excluding carboxylic acids is 1. The molecule has 0 bridgehead atoms. The number of rotatable bonds is 6. The largest absolute Gasteiger partial charge is 0.396 e. The van der Waals surface area contributed by atoms with Crippen molar-refractivity contribution in [2.75, 3.05) is 18.5 Å². The number of carbonyl (C=O) groups is 1. The van der Waals surface area contributed by atoms with Crippen molar-refractivity contribution in [2.45, 2.75) is 26.8 Å². The van der Waals surface area contributed by atoms with Gasteiger partial charge in [-0.05, 0) is 36.6 Å². The zero-order valence-corrected chi connectivity index (χ0v) is 12.6. The number of hydrogen-bond acceptors (Lipinski definition) is 2. The number of aliphatic hydroxyl groups excluding tert-OH is 1. The summed E-state index contributed by atoms with van der Waals surface area (Å²) in [6.07, 6.45) is 2.64. The first-order valence-corrected chi connectivity index (χ1v) is 7.34. The summed E-state index contributed by atoms with van der Waals surface area (Å²) in [6.45, 7) is 5.92. The fourth-order valence-corrected chi connectivity index (χ4v) is 2.29. The highest BCUT2D eigenvalue weighted by Crippen LogP contribution is 2.21.